The summed E-state index contributed by atoms with van der Waals surface area (Å²) in [4.78, 5) is 0. The fourth-order valence-corrected chi connectivity index (χ4v) is 4.99. The summed E-state index contributed by atoms with van der Waals surface area (Å²) < 4.78 is 6.63. The minimum absolute atomic E-state index is 0.502. The molecule has 3 aliphatic carbocycles. The monoisotopic (exact) mass is 293 g/mol. The molecule has 2 heteroatoms. The largest absolute Gasteiger partial charge is 0.374 e. The molecule has 3 saturated carbocycles. The topological polar surface area (TPSA) is 21.3 Å². The van der Waals surface area contributed by atoms with Gasteiger partial charge in [-0.1, -0.05) is 33.6 Å². The molecular formula is C19H35NO. The van der Waals surface area contributed by atoms with E-state index in [1.165, 1.54) is 70.8 Å². The summed E-state index contributed by atoms with van der Waals surface area (Å²) in [5.41, 5.74) is 1.05. The molecule has 0 aromatic rings. The summed E-state index contributed by atoms with van der Waals surface area (Å²) in [6.07, 6.45) is 14.5. The van der Waals surface area contributed by atoms with Crippen LogP contribution in [0.1, 0.15) is 85.0 Å². The molecule has 2 unspecified atom stereocenters. The van der Waals surface area contributed by atoms with Gasteiger partial charge in [-0.25, -0.2) is 0 Å². The zero-order chi connectivity index (χ0) is 14.9. The third kappa shape index (κ3) is 3.17. The number of rotatable bonds is 5. The van der Waals surface area contributed by atoms with E-state index in [9.17, 15) is 0 Å². The SMILES string of the molecule is CCCNC1CC(OC2CCC(C)(C)CC2)C12CCCC2. The third-order valence-electron chi connectivity index (χ3n) is 6.60. The van der Waals surface area contributed by atoms with E-state index >= 15 is 0 Å². The summed E-state index contributed by atoms with van der Waals surface area (Å²) in [6.45, 7) is 8.27. The van der Waals surface area contributed by atoms with Gasteiger partial charge in [-0.05, 0) is 63.3 Å². The van der Waals surface area contributed by atoms with Gasteiger partial charge in [0.05, 0.1) is 12.2 Å². The molecule has 2 atom stereocenters. The second-order valence-corrected chi connectivity index (χ2v) is 8.67. The van der Waals surface area contributed by atoms with Crippen LogP contribution in [0.5, 0.6) is 0 Å². The minimum Gasteiger partial charge on any atom is -0.374 e. The van der Waals surface area contributed by atoms with Crippen molar-refractivity contribution in [2.24, 2.45) is 10.8 Å². The van der Waals surface area contributed by atoms with E-state index in [4.69, 9.17) is 4.74 Å². The summed E-state index contributed by atoms with van der Waals surface area (Å²) in [7, 11) is 0. The second-order valence-electron chi connectivity index (χ2n) is 8.67. The molecule has 3 rings (SSSR count). The Hall–Kier alpha value is -0.0800. The van der Waals surface area contributed by atoms with Crippen molar-refractivity contribution in [1.82, 2.24) is 5.32 Å². The molecule has 0 aromatic carbocycles. The first-order chi connectivity index (χ1) is 10.1. The van der Waals surface area contributed by atoms with Crippen LogP contribution >= 0.6 is 0 Å². The number of ether oxygens (including phenoxy) is 1. The molecule has 0 saturated heterocycles. The quantitative estimate of drug-likeness (QED) is 0.795. The van der Waals surface area contributed by atoms with Crippen LogP contribution in [0.15, 0.2) is 0 Å². The minimum atomic E-state index is 0.502. The molecule has 1 N–H and O–H groups in total. The van der Waals surface area contributed by atoms with Gasteiger partial charge in [-0.3, -0.25) is 0 Å². The molecule has 1 spiro atoms. The van der Waals surface area contributed by atoms with Gasteiger partial charge in [0.2, 0.25) is 0 Å². The van der Waals surface area contributed by atoms with Gasteiger partial charge in [0, 0.05) is 11.5 Å². The fraction of sp³-hybridized carbons (Fsp3) is 1.00. The van der Waals surface area contributed by atoms with Crippen molar-refractivity contribution in [1.29, 1.82) is 0 Å². The van der Waals surface area contributed by atoms with E-state index in [2.05, 4.69) is 26.1 Å². The molecule has 3 fully saturated rings. The summed E-state index contributed by atoms with van der Waals surface area (Å²) in [5.74, 6) is 0. The predicted octanol–water partition coefficient (Wildman–Crippen LogP) is 4.67. The maximum absolute atomic E-state index is 6.63. The van der Waals surface area contributed by atoms with Crippen LogP contribution in [0.3, 0.4) is 0 Å². The van der Waals surface area contributed by atoms with Crippen molar-refractivity contribution >= 4 is 0 Å². The van der Waals surface area contributed by atoms with E-state index < -0.39 is 0 Å². The molecular weight excluding hydrogens is 258 g/mol. The Kier molecular flexibility index (Phi) is 4.66. The van der Waals surface area contributed by atoms with Gasteiger partial charge in [0.15, 0.2) is 0 Å². The molecule has 0 amide bonds. The van der Waals surface area contributed by atoms with Gasteiger partial charge < -0.3 is 10.1 Å². The Morgan fingerprint density at radius 3 is 2.33 bits per heavy atom. The fourth-order valence-electron chi connectivity index (χ4n) is 4.99. The lowest BCUT2D eigenvalue weighted by molar-refractivity contribution is -0.170. The van der Waals surface area contributed by atoms with Crippen LogP contribution in [0.25, 0.3) is 0 Å². The van der Waals surface area contributed by atoms with Crippen LogP contribution in [0, 0.1) is 10.8 Å². The maximum Gasteiger partial charge on any atom is 0.0665 e. The van der Waals surface area contributed by atoms with Crippen LogP contribution in [0.2, 0.25) is 0 Å². The highest BCUT2D eigenvalue weighted by Crippen LogP contribution is 2.55. The molecule has 21 heavy (non-hydrogen) atoms. The molecule has 0 aliphatic heterocycles. The van der Waals surface area contributed by atoms with E-state index in [0.717, 1.165) is 6.04 Å². The Morgan fingerprint density at radius 2 is 1.71 bits per heavy atom. The first-order valence-electron chi connectivity index (χ1n) is 9.45. The van der Waals surface area contributed by atoms with Crippen LogP contribution in [-0.4, -0.2) is 24.8 Å². The molecule has 0 aromatic heterocycles. The predicted molar refractivity (Wildman–Crippen MR) is 88.5 cm³/mol. The van der Waals surface area contributed by atoms with Crippen LogP contribution < -0.4 is 5.32 Å². The average molecular weight is 293 g/mol. The van der Waals surface area contributed by atoms with E-state index in [-0.39, 0.29) is 0 Å². The molecule has 2 nitrogen and oxygen atoms in total. The lowest BCUT2D eigenvalue weighted by atomic mass is 9.60. The molecule has 0 heterocycles. The number of nitrogens with one attached hydrogen (secondary N) is 1. The van der Waals surface area contributed by atoms with Crippen molar-refractivity contribution in [2.45, 2.75) is 103 Å². The third-order valence-corrected chi connectivity index (χ3v) is 6.60. The standard InChI is InChI=1S/C19H35NO/c1-4-13-20-16-14-17(19(16)9-5-6-10-19)21-15-7-11-18(2,3)12-8-15/h15-17,20H,4-14H2,1-3H3. The van der Waals surface area contributed by atoms with Gasteiger partial charge in [-0.2, -0.15) is 0 Å². The number of hydrogen-bond acceptors (Lipinski definition) is 2. The summed E-state index contributed by atoms with van der Waals surface area (Å²) >= 11 is 0. The molecule has 3 aliphatic rings. The van der Waals surface area contributed by atoms with Crippen LogP contribution in [-0.2, 0) is 4.74 Å². The Bertz CT molecular complexity index is 335. The normalized spacial score (nSPS) is 35.0. The summed E-state index contributed by atoms with van der Waals surface area (Å²) in [5, 5.41) is 3.80. The Morgan fingerprint density at radius 1 is 1.05 bits per heavy atom. The Balaban J connectivity index is 1.54. The average Bonchev–Trinajstić information content (AvgIpc) is 2.96. The van der Waals surface area contributed by atoms with Gasteiger partial charge in [0.25, 0.3) is 0 Å². The first-order valence-corrected chi connectivity index (χ1v) is 9.45. The van der Waals surface area contributed by atoms with Crippen molar-refractivity contribution in [3.05, 3.63) is 0 Å². The van der Waals surface area contributed by atoms with Gasteiger partial charge in [0.1, 0.15) is 0 Å². The van der Waals surface area contributed by atoms with Crippen molar-refractivity contribution in [2.75, 3.05) is 6.54 Å². The van der Waals surface area contributed by atoms with Crippen molar-refractivity contribution in [3.8, 4) is 0 Å². The molecule has 122 valence electrons. The molecule has 0 radical (unpaired) electrons. The van der Waals surface area contributed by atoms with E-state index in [1.54, 1.807) is 0 Å². The zero-order valence-corrected chi connectivity index (χ0v) is 14.4. The van der Waals surface area contributed by atoms with Crippen LogP contribution in [0.4, 0.5) is 0 Å². The Labute approximate surface area is 131 Å². The lowest BCUT2D eigenvalue weighted by Crippen LogP contribution is -2.63. The van der Waals surface area contributed by atoms with Crippen molar-refractivity contribution < 1.29 is 4.74 Å². The smallest absolute Gasteiger partial charge is 0.0665 e. The maximum atomic E-state index is 6.63. The highest BCUT2D eigenvalue weighted by atomic mass is 16.5. The van der Waals surface area contributed by atoms with E-state index in [1.807, 2.05) is 0 Å². The van der Waals surface area contributed by atoms with Gasteiger partial charge in [-0.15, -0.1) is 0 Å². The number of hydrogen-bond donors (Lipinski definition) is 1. The highest BCUT2D eigenvalue weighted by Gasteiger charge is 2.57. The second kappa shape index (κ2) is 6.20. The van der Waals surface area contributed by atoms with Crippen molar-refractivity contribution in [3.63, 3.8) is 0 Å². The zero-order valence-electron chi connectivity index (χ0n) is 14.4. The molecule has 0 bridgehead atoms. The van der Waals surface area contributed by atoms with E-state index in [0.29, 0.717) is 23.0 Å². The lowest BCUT2D eigenvalue weighted by Gasteiger charge is -2.55. The summed E-state index contributed by atoms with van der Waals surface area (Å²) in [6, 6.07) is 0.741. The van der Waals surface area contributed by atoms with Gasteiger partial charge >= 0.3 is 0 Å². The highest BCUT2D eigenvalue weighted by molar-refractivity contribution is 5.10. The first kappa shape index (κ1) is 15.8.